The summed E-state index contributed by atoms with van der Waals surface area (Å²) in [5, 5.41) is 9.84. The van der Waals surface area contributed by atoms with Gasteiger partial charge in [0.25, 0.3) is 0 Å². The molecule has 0 amide bonds. The van der Waals surface area contributed by atoms with Gasteiger partial charge in [-0.25, -0.2) is 0 Å². The number of carbonyl (C=O) groups excluding carboxylic acids is 1. The summed E-state index contributed by atoms with van der Waals surface area (Å²) in [7, 11) is -1.92. The lowest BCUT2D eigenvalue weighted by molar-refractivity contribution is -0.135. The predicted molar refractivity (Wildman–Crippen MR) is 104 cm³/mol. The quantitative estimate of drug-likeness (QED) is 0.699. The van der Waals surface area contributed by atoms with E-state index in [2.05, 4.69) is 34.6 Å². The maximum atomic E-state index is 13.6. The van der Waals surface area contributed by atoms with Crippen molar-refractivity contribution in [3.05, 3.63) is 33.9 Å². The van der Waals surface area contributed by atoms with Crippen molar-refractivity contribution in [2.24, 2.45) is 5.41 Å². The minimum absolute atomic E-state index is 0.00297. The highest BCUT2D eigenvalue weighted by Gasteiger charge is 2.67. The van der Waals surface area contributed by atoms with Gasteiger partial charge >= 0.3 is 0 Å². The van der Waals surface area contributed by atoms with Crippen LogP contribution in [0.2, 0.25) is 18.1 Å². The van der Waals surface area contributed by atoms with Crippen molar-refractivity contribution in [1.82, 2.24) is 0 Å². The maximum Gasteiger partial charge on any atom is 0.194 e. The Hall–Kier alpha value is -0.973. The molecule has 3 aliphatic rings. The first-order chi connectivity index (χ1) is 11.8. The Morgan fingerprint density at radius 1 is 1.16 bits per heavy atom. The van der Waals surface area contributed by atoms with Crippen molar-refractivity contribution in [1.29, 1.82) is 0 Å². The van der Waals surface area contributed by atoms with Gasteiger partial charge in [0, 0.05) is 11.0 Å². The molecule has 4 heteroatoms. The zero-order valence-electron chi connectivity index (χ0n) is 16.6. The Morgan fingerprint density at radius 3 is 2.16 bits per heavy atom. The Morgan fingerprint density at radius 2 is 1.72 bits per heavy atom. The van der Waals surface area contributed by atoms with Crippen LogP contribution in [0.3, 0.4) is 0 Å². The molecular weight excluding hydrogens is 328 g/mol. The number of carbonyl (C=O) groups is 1. The first-order valence-corrected chi connectivity index (χ1v) is 12.3. The molecule has 25 heavy (non-hydrogen) atoms. The fourth-order valence-electron chi connectivity index (χ4n) is 5.14. The molecule has 1 saturated carbocycles. The molecule has 0 bridgehead atoms. The van der Waals surface area contributed by atoms with E-state index in [1.807, 2.05) is 13.0 Å². The van der Waals surface area contributed by atoms with E-state index in [1.165, 1.54) is 5.57 Å². The molecule has 0 aromatic carbocycles. The molecule has 1 N–H and O–H groups in total. The minimum atomic E-state index is -1.92. The molecule has 1 atom stereocenters. The first kappa shape index (κ1) is 18.8. The highest BCUT2D eigenvalue weighted by atomic mass is 28.4. The van der Waals surface area contributed by atoms with E-state index in [0.717, 1.165) is 53.3 Å². The Balaban J connectivity index is 2.14. The van der Waals surface area contributed by atoms with Crippen molar-refractivity contribution in [3.8, 4) is 0 Å². The normalized spacial score (nSPS) is 28.0. The molecule has 138 valence electrons. The molecule has 0 radical (unpaired) electrons. The van der Waals surface area contributed by atoms with Crippen LogP contribution in [0.4, 0.5) is 0 Å². The molecule has 3 aliphatic carbocycles. The molecule has 1 spiro atoms. The van der Waals surface area contributed by atoms with Crippen molar-refractivity contribution in [2.45, 2.75) is 78.1 Å². The molecule has 0 unspecified atom stereocenters. The monoisotopic (exact) mass is 360 g/mol. The Labute approximate surface area is 153 Å². The van der Waals surface area contributed by atoms with Gasteiger partial charge in [-0.05, 0) is 74.5 Å². The number of aliphatic hydroxyl groups excluding tert-OH is 1. The number of aliphatic hydroxyl groups is 1. The van der Waals surface area contributed by atoms with Crippen LogP contribution >= 0.6 is 0 Å². The third kappa shape index (κ3) is 2.34. The summed E-state index contributed by atoms with van der Waals surface area (Å²) in [6.07, 6.45) is 3.99. The van der Waals surface area contributed by atoms with Crippen molar-refractivity contribution < 1.29 is 14.3 Å². The fourth-order valence-corrected chi connectivity index (χ4v) is 8.23. The first-order valence-electron chi connectivity index (χ1n) is 9.75. The fraction of sp³-hybridized carbons (Fsp3) is 0.667. The van der Waals surface area contributed by atoms with Gasteiger partial charge in [-0.3, -0.25) is 4.79 Å². The second-order valence-corrected chi connectivity index (χ2v) is 12.9. The van der Waals surface area contributed by atoms with E-state index in [9.17, 15) is 9.90 Å². The van der Waals surface area contributed by atoms with E-state index in [0.29, 0.717) is 0 Å². The van der Waals surface area contributed by atoms with Crippen molar-refractivity contribution in [2.75, 3.05) is 6.61 Å². The summed E-state index contributed by atoms with van der Waals surface area (Å²) >= 11 is 0. The average molecular weight is 361 g/mol. The van der Waals surface area contributed by atoms with E-state index in [1.54, 1.807) is 0 Å². The molecule has 0 aromatic heterocycles. The second kappa shape index (κ2) is 6.03. The average Bonchev–Trinajstić information content (AvgIpc) is 3.36. The van der Waals surface area contributed by atoms with Gasteiger partial charge in [0.05, 0.1) is 6.61 Å². The zero-order chi connectivity index (χ0) is 18.6. The predicted octanol–water partition coefficient (Wildman–Crippen LogP) is 4.70. The lowest BCUT2D eigenvalue weighted by Gasteiger charge is -2.48. The highest BCUT2D eigenvalue weighted by Crippen LogP contribution is 2.66. The number of fused-ring (bicyclic) bond motifs is 1. The SMILES string of the molecule is CC[Si](CC)(CC)O[C@@]1(C)C(=O)C2=CC(C)=C(CO)C2=C(C)C12CC2. The van der Waals surface area contributed by atoms with Gasteiger partial charge in [-0.15, -0.1) is 0 Å². The molecule has 0 heterocycles. The number of rotatable bonds is 6. The van der Waals surface area contributed by atoms with E-state index in [4.69, 9.17) is 4.43 Å². The van der Waals surface area contributed by atoms with Crippen LogP contribution < -0.4 is 0 Å². The summed E-state index contributed by atoms with van der Waals surface area (Å²) in [4.78, 5) is 13.6. The third-order valence-electron chi connectivity index (χ3n) is 7.35. The van der Waals surface area contributed by atoms with Gasteiger partial charge < -0.3 is 9.53 Å². The molecule has 1 fully saturated rings. The van der Waals surface area contributed by atoms with Crippen LogP contribution in [0.1, 0.15) is 54.4 Å². The van der Waals surface area contributed by atoms with Crippen LogP contribution in [0, 0.1) is 5.41 Å². The summed E-state index contributed by atoms with van der Waals surface area (Å²) in [6, 6.07) is 3.15. The van der Waals surface area contributed by atoms with Gasteiger partial charge in [0.2, 0.25) is 0 Å². The van der Waals surface area contributed by atoms with Crippen molar-refractivity contribution in [3.63, 3.8) is 0 Å². The number of ketones is 1. The Kier molecular flexibility index (Phi) is 4.54. The zero-order valence-corrected chi connectivity index (χ0v) is 17.6. The summed E-state index contributed by atoms with van der Waals surface area (Å²) in [5.41, 5.74) is 4.08. The smallest absolute Gasteiger partial charge is 0.194 e. The van der Waals surface area contributed by atoms with Gasteiger partial charge in [-0.2, -0.15) is 0 Å². The van der Waals surface area contributed by atoms with Gasteiger partial charge in [0.15, 0.2) is 14.1 Å². The molecule has 3 nitrogen and oxygen atoms in total. The lowest BCUT2D eigenvalue weighted by atomic mass is 9.67. The van der Waals surface area contributed by atoms with Crippen LogP contribution in [0.5, 0.6) is 0 Å². The van der Waals surface area contributed by atoms with E-state index >= 15 is 0 Å². The Bertz CT molecular complexity index is 696. The van der Waals surface area contributed by atoms with Crippen molar-refractivity contribution >= 4 is 14.1 Å². The van der Waals surface area contributed by atoms with Gasteiger partial charge in [-0.1, -0.05) is 26.3 Å². The summed E-state index contributed by atoms with van der Waals surface area (Å²) in [5.74, 6) is 0.139. The number of allylic oxidation sites excluding steroid dienone is 2. The third-order valence-corrected chi connectivity index (χ3v) is 12.1. The topological polar surface area (TPSA) is 46.5 Å². The highest BCUT2D eigenvalue weighted by molar-refractivity contribution is 6.73. The molecule has 0 aliphatic heterocycles. The lowest BCUT2D eigenvalue weighted by Crippen LogP contribution is -2.57. The summed E-state index contributed by atoms with van der Waals surface area (Å²) in [6.45, 7) is 12.8. The molecular formula is C21H32O3Si. The standard InChI is InChI=1S/C21H32O3Si/c1-7-25(8-2,9-3)24-20(6)19(23)16-12-14(4)17(13-22)18(16)15(5)21(20)10-11-21/h12,22H,7-11,13H2,1-6H3/t20-/m0/s1. The van der Waals surface area contributed by atoms with E-state index < -0.39 is 13.9 Å². The van der Waals surface area contributed by atoms with Crippen LogP contribution in [-0.2, 0) is 9.22 Å². The summed E-state index contributed by atoms with van der Waals surface area (Å²) < 4.78 is 6.92. The van der Waals surface area contributed by atoms with Crippen LogP contribution in [0.25, 0.3) is 0 Å². The van der Waals surface area contributed by atoms with Crippen LogP contribution in [-0.4, -0.2) is 31.4 Å². The number of Topliss-reactive ketones (excluding diaryl/α,β-unsaturated/α-hetero) is 1. The molecule has 3 rings (SSSR count). The molecule has 0 saturated heterocycles. The largest absolute Gasteiger partial charge is 0.403 e. The number of hydrogen-bond acceptors (Lipinski definition) is 3. The maximum absolute atomic E-state index is 13.6. The van der Waals surface area contributed by atoms with Gasteiger partial charge in [0.1, 0.15) is 5.60 Å². The molecule has 0 aromatic rings. The minimum Gasteiger partial charge on any atom is -0.403 e. The van der Waals surface area contributed by atoms with E-state index in [-0.39, 0.29) is 17.8 Å². The van der Waals surface area contributed by atoms with Crippen LogP contribution in [0.15, 0.2) is 33.9 Å². The second-order valence-electron chi connectivity index (χ2n) is 8.17. The number of hydrogen-bond donors (Lipinski definition) is 1.